The van der Waals surface area contributed by atoms with Gasteiger partial charge in [0.05, 0.1) is 18.6 Å². The smallest absolute Gasteiger partial charge is 0.159 e. The van der Waals surface area contributed by atoms with E-state index in [-0.39, 0.29) is 12.0 Å². The third-order valence-corrected chi connectivity index (χ3v) is 1.61. The monoisotopic (exact) mass is 183 g/mol. The second kappa shape index (κ2) is 3.97. The van der Waals surface area contributed by atoms with Gasteiger partial charge in [0.1, 0.15) is 0 Å². The van der Waals surface area contributed by atoms with Gasteiger partial charge in [-0.1, -0.05) is 6.07 Å². The minimum absolute atomic E-state index is 0.134. The molecule has 0 saturated carbocycles. The number of aliphatic hydroxyl groups excluding tert-OH is 1. The van der Waals surface area contributed by atoms with E-state index in [9.17, 15) is 13.9 Å². The predicted molar refractivity (Wildman–Crippen MR) is 41.5 cm³/mol. The molecule has 0 heterocycles. The molecule has 68 valence electrons. The van der Waals surface area contributed by atoms with Crippen LogP contribution in [0.2, 0.25) is 0 Å². The first kappa shape index (κ1) is 9.62. The average Bonchev–Trinajstić information content (AvgIpc) is 2.10. The lowest BCUT2D eigenvalue weighted by Gasteiger charge is -2.06. The molecule has 1 rings (SSSR count). The number of rotatable bonds is 2. The van der Waals surface area contributed by atoms with Gasteiger partial charge in [-0.3, -0.25) is 0 Å². The molecule has 0 spiro atoms. The van der Waals surface area contributed by atoms with Crippen LogP contribution in [0.3, 0.4) is 0 Å². The van der Waals surface area contributed by atoms with Crippen LogP contribution in [0.4, 0.5) is 8.78 Å². The summed E-state index contributed by atoms with van der Waals surface area (Å²) in [6.45, 7) is 0. The second-order valence-electron chi connectivity index (χ2n) is 2.55. The molecule has 0 radical (unpaired) electrons. The maximum Gasteiger partial charge on any atom is 0.159 e. The van der Waals surface area contributed by atoms with E-state index in [0.717, 1.165) is 12.1 Å². The number of benzene rings is 1. The summed E-state index contributed by atoms with van der Waals surface area (Å²) in [5.74, 6) is -1.98. The van der Waals surface area contributed by atoms with Crippen LogP contribution in [0.1, 0.15) is 18.1 Å². The molecule has 0 saturated heterocycles. The third kappa shape index (κ3) is 2.23. The maximum absolute atomic E-state index is 12.6. The van der Waals surface area contributed by atoms with Crippen molar-refractivity contribution in [3.63, 3.8) is 0 Å². The highest BCUT2D eigenvalue weighted by Crippen LogP contribution is 2.18. The van der Waals surface area contributed by atoms with Crippen LogP contribution < -0.4 is 0 Å². The Balaban J connectivity index is 2.91. The maximum atomic E-state index is 12.6. The summed E-state index contributed by atoms with van der Waals surface area (Å²) in [5, 5.41) is 17.5. The minimum atomic E-state index is -1.06. The standard InChI is InChI=1S/C9H7F2NO/c10-7-2-1-6(5-8(7)11)9(13)3-4-12/h1-2,5,9,13H,3H2. The molecule has 0 aliphatic carbocycles. The Morgan fingerprint density at radius 1 is 1.38 bits per heavy atom. The van der Waals surface area contributed by atoms with Gasteiger partial charge in [-0.2, -0.15) is 5.26 Å². The van der Waals surface area contributed by atoms with E-state index >= 15 is 0 Å². The first-order chi connectivity index (χ1) is 6.15. The summed E-state index contributed by atoms with van der Waals surface area (Å²) in [6, 6.07) is 4.79. The summed E-state index contributed by atoms with van der Waals surface area (Å²) < 4.78 is 25.0. The van der Waals surface area contributed by atoms with Gasteiger partial charge in [-0.25, -0.2) is 8.78 Å². The largest absolute Gasteiger partial charge is 0.387 e. The number of halogens is 2. The lowest BCUT2D eigenvalue weighted by atomic mass is 10.1. The van der Waals surface area contributed by atoms with Crippen molar-refractivity contribution in [2.45, 2.75) is 12.5 Å². The molecule has 1 atom stereocenters. The molecule has 4 heteroatoms. The van der Waals surface area contributed by atoms with E-state index in [0.29, 0.717) is 0 Å². The molecular weight excluding hydrogens is 176 g/mol. The average molecular weight is 183 g/mol. The van der Waals surface area contributed by atoms with Crippen LogP contribution in [0, 0.1) is 23.0 Å². The Morgan fingerprint density at radius 3 is 2.62 bits per heavy atom. The van der Waals surface area contributed by atoms with Crippen molar-refractivity contribution < 1.29 is 13.9 Å². The van der Waals surface area contributed by atoms with Gasteiger partial charge < -0.3 is 5.11 Å². The second-order valence-corrected chi connectivity index (χ2v) is 2.55. The van der Waals surface area contributed by atoms with Crippen molar-refractivity contribution in [3.05, 3.63) is 35.4 Å². The summed E-state index contributed by atoms with van der Waals surface area (Å²) >= 11 is 0. The number of hydrogen-bond donors (Lipinski definition) is 1. The van der Waals surface area contributed by atoms with Crippen LogP contribution in [0.5, 0.6) is 0 Å². The molecule has 1 aromatic rings. The number of nitrogens with zero attached hydrogens (tertiary/aromatic N) is 1. The van der Waals surface area contributed by atoms with Crippen LogP contribution in [0.15, 0.2) is 18.2 Å². The summed E-state index contributed by atoms with van der Waals surface area (Å²) in [7, 11) is 0. The third-order valence-electron chi connectivity index (χ3n) is 1.61. The van der Waals surface area contributed by atoms with E-state index in [1.165, 1.54) is 6.07 Å². The van der Waals surface area contributed by atoms with Gasteiger partial charge in [0.15, 0.2) is 11.6 Å². The topological polar surface area (TPSA) is 44.0 Å². The van der Waals surface area contributed by atoms with Crippen LogP contribution in [-0.4, -0.2) is 5.11 Å². The zero-order valence-corrected chi connectivity index (χ0v) is 6.67. The number of nitriles is 1. The van der Waals surface area contributed by atoms with Gasteiger partial charge in [0.25, 0.3) is 0 Å². The number of aliphatic hydroxyl groups is 1. The van der Waals surface area contributed by atoms with E-state index in [2.05, 4.69) is 0 Å². The molecule has 1 unspecified atom stereocenters. The van der Waals surface area contributed by atoms with Crippen molar-refractivity contribution in [2.75, 3.05) is 0 Å². The fourth-order valence-electron chi connectivity index (χ4n) is 0.924. The van der Waals surface area contributed by atoms with Crippen molar-refractivity contribution in [2.24, 2.45) is 0 Å². The molecule has 0 aliphatic rings. The van der Waals surface area contributed by atoms with Crippen molar-refractivity contribution in [1.82, 2.24) is 0 Å². The fraction of sp³-hybridized carbons (Fsp3) is 0.222. The molecule has 0 aliphatic heterocycles. The summed E-state index contributed by atoms with van der Waals surface area (Å²) in [6.07, 6.45) is -1.19. The molecule has 1 N–H and O–H groups in total. The molecule has 0 bridgehead atoms. The Bertz CT molecular complexity index is 346. The van der Waals surface area contributed by atoms with E-state index in [1.807, 2.05) is 0 Å². The highest BCUT2D eigenvalue weighted by molar-refractivity contribution is 5.20. The molecular formula is C9H7F2NO. The van der Waals surface area contributed by atoms with E-state index in [1.54, 1.807) is 6.07 Å². The molecule has 13 heavy (non-hydrogen) atoms. The molecule has 0 amide bonds. The van der Waals surface area contributed by atoms with Crippen LogP contribution in [-0.2, 0) is 0 Å². The molecule has 1 aromatic carbocycles. The SMILES string of the molecule is N#CCC(O)c1ccc(F)c(F)c1. The fourth-order valence-corrected chi connectivity index (χ4v) is 0.924. The Hall–Kier alpha value is -1.47. The zero-order valence-electron chi connectivity index (χ0n) is 6.67. The van der Waals surface area contributed by atoms with Gasteiger partial charge in [-0.15, -0.1) is 0 Å². The van der Waals surface area contributed by atoms with E-state index < -0.39 is 17.7 Å². The van der Waals surface area contributed by atoms with Gasteiger partial charge in [0.2, 0.25) is 0 Å². The Labute approximate surface area is 74.0 Å². The van der Waals surface area contributed by atoms with Crippen molar-refractivity contribution in [1.29, 1.82) is 5.26 Å². The zero-order chi connectivity index (χ0) is 9.84. The lowest BCUT2D eigenvalue weighted by Crippen LogP contribution is -1.97. The van der Waals surface area contributed by atoms with Gasteiger partial charge >= 0.3 is 0 Å². The van der Waals surface area contributed by atoms with Gasteiger partial charge in [0, 0.05) is 0 Å². The van der Waals surface area contributed by atoms with Crippen LogP contribution >= 0.6 is 0 Å². The highest BCUT2D eigenvalue weighted by atomic mass is 19.2. The molecule has 2 nitrogen and oxygen atoms in total. The Kier molecular flexibility index (Phi) is 2.93. The minimum Gasteiger partial charge on any atom is -0.387 e. The summed E-state index contributed by atoms with van der Waals surface area (Å²) in [4.78, 5) is 0. The quantitative estimate of drug-likeness (QED) is 0.761. The van der Waals surface area contributed by atoms with Crippen molar-refractivity contribution in [3.8, 4) is 6.07 Å². The summed E-state index contributed by atoms with van der Waals surface area (Å²) in [5.41, 5.74) is 0.209. The predicted octanol–water partition coefficient (Wildman–Crippen LogP) is 1.91. The lowest BCUT2D eigenvalue weighted by molar-refractivity contribution is 0.183. The van der Waals surface area contributed by atoms with Gasteiger partial charge in [-0.05, 0) is 17.7 Å². The Morgan fingerprint density at radius 2 is 2.08 bits per heavy atom. The highest BCUT2D eigenvalue weighted by Gasteiger charge is 2.09. The normalized spacial score (nSPS) is 12.2. The van der Waals surface area contributed by atoms with E-state index in [4.69, 9.17) is 5.26 Å². The number of hydrogen-bond acceptors (Lipinski definition) is 2. The first-order valence-corrected chi connectivity index (χ1v) is 3.65. The molecule has 0 aromatic heterocycles. The van der Waals surface area contributed by atoms with Crippen molar-refractivity contribution >= 4 is 0 Å². The van der Waals surface area contributed by atoms with Crippen LogP contribution in [0.25, 0.3) is 0 Å². The molecule has 0 fully saturated rings. The first-order valence-electron chi connectivity index (χ1n) is 3.65.